The summed E-state index contributed by atoms with van der Waals surface area (Å²) in [7, 11) is -4.69. The van der Waals surface area contributed by atoms with Gasteiger partial charge in [0.2, 0.25) is 5.95 Å². The van der Waals surface area contributed by atoms with Crippen LogP contribution in [0.15, 0.2) is 11.1 Å². The Morgan fingerprint density at radius 1 is 1.64 bits per heavy atom. The van der Waals surface area contributed by atoms with Crippen LogP contribution >= 0.6 is 7.60 Å². The van der Waals surface area contributed by atoms with Crippen molar-refractivity contribution in [1.29, 1.82) is 0 Å². The number of nitrogen functional groups attached to an aromatic ring is 1. The maximum Gasteiger partial charge on any atom is 0.280 e. The number of ether oxygens (including phenoxy) is 1. The summed E-state index contributed by atoms with van der Waals surface area (Å²) in [5, 5.41) is 9.86. The number of H-pyrrole nitrogens is 1. The van der Waals surface area contributed by atoms with Gasteiger partial charge in [-0.05, 0) is 0 Å². The zero-order chi connectivity index (χ0) is 16.1. The number of hydrogen-bond acceptors (Lipinski definition) is 8. The molecule has 3 rings (SSSR count). The highest BCUT2D eigenvalue weighted by molar-refractivity contribution is 7.50. The second-order valence-electron chi connectivity index (χ2n) is 5.02. The Kier molecular flexibility index (Phi) is 3.54. The highest BCUT2D eigenvalue weighted by Gasteiger charge is 2.39. The maximum atomic E-state index is 11.7. The van der Waals surface area contributed by atoms with Crippen molar-refractivity contribution in [2.24, 2.45) is 0 Å². The minimum absolute atomic E-state index is 0.00403. The summed E-state index contributed by atoms with van der Waals surface area (Å²) in [5.41, 5.74) is 5.21. The smallest absolute Gasteiger partial charge is 0.280 e. The van der Waals surface area contributed by atoms with E-state index in [9.17, 15) is 19.4 Å². The van der Waals surface area contributed by atoms with Crippen LogP contribution in [0.25, 0.3) is 11.2 Å². The van der Waals surface area contributed by atoms with Gasteiger partial charge in [0.05, 0.1) is 19.0 Å². The largest absolute Gasteiger partial charge is 0.777 e. The molecule has 1 saturated heterocycles. The Labute approximate surface area is 122 Å². The molecule has 22 heavy (non-hydrogen) atoms. The van der Waals surface area contributed by atoms with Gasteiger partial charge in [0, 0.05) is 6.42 Å². The molecule has 1 fully saturated rings. The number of aliphatic hydroxyl groups excluding tert-OH is 1. The van der Waals surface area contributed by atoms with Crippen molar-refractivity contribution in [1.82, 2.24) is 19.5 Å². The van der Waals surface area contributed by atoms with Crippen molar-refractivity contribution in [2.45, 2.75) is 31.0 Å². The van der Waals surface area contributed by atoms with Gasteiger partial charge in [-0.2, -0.15) is 4.98 Å². The quantitative estimate of drug-likeness (QED) is 0.451. The number of aromatic nitrogens is 4. The van der Waals surface area contributed by atoms with Crippen LogP contribution in [0.5, 0.6) is 0 Å². The van der Waals surface area contributed by atoms with Gasteiger partial charge in [-0.25, -0.2) is 4.98 Å². The standard InChI is InChI=1S/C10H14N5O6P/c11-10-13-8-7(9(17)14-10)12-3-15(8)2-5-4(16)1-6(21-5)22(18,19)20/h3-6,16H,1-2H2,(H2,18,19,20)(H3,11,13,14,17)/p-1. The minimum atomic E-state index is -4.69. The molecule has 11 nitrogen and oxygen atoms in total. The van der Waals surface area contributed by atoms with E-state index in [0.29, 0.717) is 0 Å². The molecule has 0 amide bonds. The summed E-state index contributed by atoms with van der Waals surface area (Å²) in [5.74, 6) is -1.55. The highest BCUT2D eigenvalue weighted by Crippen LogP contribution is 2.44. The summed E-state index contributed by atoms with van der Waals surface area (Å²) in [6.07, 6.45) is -0.897. The zero-order valence-electron chi connectivity index (χ0n) is 11.1. The summed E-state index contributed by atoms with van der Waals surface area (Å²) in [6, 6.07) is 0. The third kappa shape index (κ3) is 2.64. The summed E-state index contributed by atoms with van der Waals surface area (Å²) < 4.78 is 17.7. The third-order valence-electron chi connectivity index (χ3n) is 3.44. The number of nitrogens with two attached hydrogens (primary N) is 1. The molecule has 0 aromatic carbocycles. The third-order valence-corrected chi connectivity index (χ3v) is 4.50. The Morgan fingerprint density at radius 2 is 2.36 bits per heavy atom. The summed E-state index contributed by atoms with van der Waals surface area (Å²) >= 11 is 0. The van der Waals surface area contributed by atoms with E-state index in [1.807, 2.05) is 0 Å². The van der Waals surface area contributed by atoms with Crippen LogP contribution in [0.2, 0.25) is 0 Å². The number of fused-ring (bicyclic) bond motifs is 1. The monoisotopic (exact) mass is 330 g/mol. The first kappa shape index (κ1) is 15.1. The van der Waals surface area contributed by atoms with Gasteiger partial charge in [0.1, 0.15) is 11.9 Å². The molecule has 0 aliphatic carbocycles. The number of imidazole rings is 1. The average Bonchev–Trinajstić information content (AvgIpc) is 2.95. The summed E-state index contributed by atoms with van der Waals surface area (Å²) in [6.45, 7) is 0.00403. The van der Waals surface area contributed by atoms with Gasteiger partial charge < -0.3 is 34.5 Å². The van der Waals surface area contributed by atoms with Gasteiger partial charge >= 0.3 is 0 Å². The number of aromatic amines is 1. The lowest BCUT2D eigenvalue weighted by molar-refractivity contribution is -0.204. The molecule has 12 heteroatoms. The predicted molar refractivity (Wildman–Crippen MR) is 71.7 cm³/mol. The van der Waals surface area contributed by atoms with E-state index in [4.69, 9.17) is 15.4 Å². The van der Waals surface area contributed by atoms with Crippen LogP contribution in [0.4, 0.5) is 5.95 Å². The Hall–Kier alpha value is -1.78. The number of aliphatic hydroxyl groups is 1. The van der Waals surface area contributed by atoms with E-state index in [0.717, 1.165) is 0 Å². The molecular formula is C10H13N5O6P-. The van der Waals surface area contributed by atoms with Crippen molar-refractivity contribution in [3.8, 4) is 0 Å². The average molecular weight is 330 g/mol. The maximum absolute atomic E-state index is 11.7. The first-order valence-corrected chi connectivity index (χ1v) is 7.98. The van der Waals surface area contributed by atoms with Crippen molar-refractivity contribution < 1.29 is 24.2 Å². The van der Waals surface area contributed by atoms with Crippen LogP contribution in [0, 0.1) is 0 Å². The van der Waals surface area contributed by atoms with Crippen LogP contribution < -0.4 is 16.2 Å². The van der Waals surface area contributed by atoms with Gasteiger partial charge in [-0.15, -0.1) is 0 Å². The van der Waals surface area contributed by atoms with Crippen molar-refractivity contribution in [3.63, 3.8) is 0 Å². The van der Waals surface area contributed by atoms with Gasteiger partial charge in [-0.1, -0.05) is 0 Å². The fraction of sp³-hybridized carbons (Fsp3) is 0.500. The topological polar surface area (TPSA) is 179 Å². The normalized spacial score (nSPS) is 28.0. The number of rotatable bonds is 3. The minimum Gasteiger partial charge on any atom is -0.777 e. The SMILES string of the molecule is Nc1nc2c(ncn2CC2OC(P(=O)([O-])O)CC2O)c(=O)[nH]1. The molecule has 0 saturated carbocycles. The first-order chi connectivity index (χ1) is 10.3. The van der Waals surface area contributed by atoms with Crippen molar-refractivity contribution in [2.75, 3.05) is 5.73 Å². The molecule has 120 valence electrons. The molecule has 3 heterocycles. The Bertz CT molecular complexity index is 812. The lowest BCUT2D eigenvalue weighted by Gasteiger charge is -2.23. The predicted octanol–water partition coefficient (Wildman–Crippen LogP) is -2.28. The molecule has 4 atom stereocenters. The second-order valence-corrected chi connectivity index (χ2v) is 6.72. The van der Waals surface area contributed by atoms with Crippen LogP contribution in [0.1, 0.15) is 6.42 Å². The fourth-order valence-corrected chi connectivity index (χ4v) is 3.17. The molecule has 0 spiro atoms. The number of nitrogens with one attached hydrogen (secondary N) is 1. The van der Waals surface area contributed by atoms with Gasteiger partial charge in [0.15, 0.2) is 18.8 Å². The van der Waals surface area contributed by atoms with E-state index in [-0.39, 0.29) is 30.1 Å². The van der Waals surface area contributed by atoms with E-state index >= 15 is 0 Å². The van der Waals surface area contributed by atoms with Gasteiger partial charge in [-0.3, -0.25) is 9.78 Å². The van der Waals surface area contributed by atoms with Crippen LogP contribution in [-0.4, -0.2) is 47.6 Å². The van der Waals surface area contributed by atoms with E-state index in [1.165, 1.54) is 10.9 Å². The Balaban J connectivity index is 1.88. The number of anilines is 1. The first-order valence-electron chi connectivity index (χ1n) is 6.33. The van der Waals surface area contributed by atoms with Crippen LogP contribution in [-0.2, 0) is 15.8 Å². The molecule has 5 N–H and O–H groups in total. The summed E-state index contributed by atoms with van der Waals surface area (Å²) in [4.78, 5) is 41.9. The molecule has 1 aliphatic rings. The molecule has 2 aromatic heterocycles. The molecular weight excluding hydrogens is 317 g/mol. The van der Waals surface area contributed by atoms with Crippen molar-refractivity contribution in [3.05, 3.63) is 16.7 Å². The number of hydrogen-bond donors (Lipinski definition) is 4. The van der Waals surface area contributed by atoms with E-state index in [1.54, 1.807) is 0 Å². The van der Waals surface area contributed by atoms with Crippen LogP contribution in [0.3, 0.4) is 0 Å². The molecule has 0 radical (unpaired) electrons. The van der Waals surface area contributed by atoms with E-state index in [2.05, 4.69) is 15.0 Å². The zero-order valence-corrected chi connectivity index (χ0v) is 12.0. The second kappa shape index (κ2) is 5.14. The molecule has 4 unspecified atom stereocenters. The highest BCUT2D eigenvalue weighted by atomic mass is 31.2. The molecule has 0 bridgehead atoms. The molecule has 2 aromatic rings. The lowest BCUT2D eigenvalue weighted by Crippen LogP contribution is -2.26. The van der Waals surface area contributed by atoms with Gasteiger partial charge in [0.25, 0.3) is 5.56 Å². The molecule has 1 aliphatic heterocycles. The van der Waals surface area contributed by atoms with Crippen molar-refractivity contribution >= 4 is 24.7 Å². The fourth-order valence-electron chi connectivity index (χ4n) is 2.38. The Morgan fingerprint density at radius 3 is 3.00 bits per heavy atom. The lowest BCUT2D eigenvalue weighted by atomic mass is 10.2. The number of nitrogens with zero attached hydrogens (tertiary/aromatic N) is 3. The van der Waals surface area contributed by atoms with E-state index < -0.39 is 31.2 Å².